The van der Waals surface area contributed by atoms with Gasteiger partial charge in [-0.15, -0.1) is 0 Å². The lowest BCUT2D eigenvalue weighted by Gasteiger charge is -2.35. The van der Waals surface area contributed by atoms with E-state index >= 15 is 0 Å². The monoisotopic (exact) mass is 402 g/mol. The van der Waals surface area contributed by atoms with Crippen molar-refractivity contribution in [2.45, 2.75) is 52.4 Å². The van der Waals surface area contributed by atoms with Gasteiger partial charge in [0.15, 0.2) is 0 Å². The highest BCUT2D eigenvalue weighted by Crippen LogP contribution is 2.15. The smallest absolute Gasteiger partial charge is 0.206 e. The van der Waals surface area contributed by atoms with Gasteiger partial charge in [-0.05, 0) is 36.6 Å². The van der Waals surface area contributed by atoms with Gasteiger partial charge in [-0.3, -0.25) is 0 Å². The molecule has 2 rings (SSSR count). The Morgan fingerprint density at radius 3 is 1.08 bits per heavy atom. The average Bonchev–Trinajstić information content (AvgIpc) is 2.54. The van der Waals surface area contributed by atoms with Crippen molar-refractivity contribution in [3.63, 3.8) is 0 Å². The summed E-state index contributed by atoms with van der Waals surface area (Å²) >= 11 is 0. The van der Waals surface area contributed by atoms with Gasteiger partial charge in [0.05, 0.1) is 17.6 Å². The van der Waals surface area contributed by atoms with Crippen LogP contribution in [0, 0.1) is 0 Å². The summed E-state index contributed by atoms with van der Waals surface area (Å²) in [6, 6.07) is 18.6. The summed E-state index contributed by atoms with van der Waals surface area (Å²) in [4.78, 5) is 0. The Labute approximate surface area is 159 Å². The van der Waals surface area contributed by atoms with Crippen LogP contribution in [-0.2, 0) is 4.12 Å². The van der Waals surface area contributed by atoms with Crippen LogP contribution in [0.4, 0.5) is 0 Å². The first kappa shape index (κ1) is 20.6. The third kappa shape index (κ3) is 5.14. The lowest BCUT2D eigenvalue weighted by Crippen LogP contribution is -2.58. The molecule has 0 saturated carbocycles. The predicted molar refractivity (Wildman–Crippen MR) is 125 cm³/mol. The van der Waals surface area contributed by atoms with Crippen molar-refractivity contribution in [1.29, 1.82) is 0 Å². The summed E-state index contributed by atoms with van der Waals surface area (Å²) in [6.07, 6.45) is 0. The van der Waals surface area contributed by atoms with E-state index < -0.39 is 34.2 Å². The van der Waals surface area contributed by atoms with Crippen LogP contribution in [0.1, 0.15) is 0 Å². The number of benzene rings is 2. The molecule has 0 N–H and O–H groups in total. The van der Waals surface area contributed by atoms with Crippen molar-refractivity contribution in [3.05, 3.63) is 48.5 Å². The van der Waals surface area contributed by atoms with Crippen LogP contribution in [0.25, 0.3) is 0 Å². The Bertz CT molecular complexity index is 627. The van der Waals surface area contributed by atoms with Crippen LogP contribution in [0.2, 0.25) is 52.4 Å². The van der Waals surface area contributed by atoms with E-state index in [2.05, 4.69) is 101 Å². The Balaban J connectivity index is 2.22. The fraction of sp³-hybridized carbons (Fsp3) is 0.400. The lowest BCUT2D eigenvalue weighted by atomic mass is 10.4. The molecule has 0 aliphatic rings. The highest BCUT2D eigenvalue weighted by atomic mass is 28.4. The fourth-order valence-corrected chi connectivity index (χ4v) is 13.2. The Kier molecular flexibility index (Phi) is 6.48. The minimum atomic E-state index is -1.90. The second kappa shape index (κ2) is 7.88. The molecule has 2 aromatic carbocycles. The summed E-state index contributed by atoms with van der Waals surface area (Å²) in [6.45, 7) is 18.9. The van der Waals surface area contributed by atoms with E-state index in [4.69, 9.17) is 4.12 Å². The average molecular weight is 403 g/mol. The molecule has 0 aliphatic heterocycles. The molecule has 0 saturated heterocycles. The quantitative estimate of drug-likeness (QED) is 0.675. The van der Waals surface area contributed by atoms with Gasteiger partial charge < -0.3 is 4.12 Å². The zero-order valence-electron chi connectivity index (χ0n) is 17.2. The second-order valence-corrected chi connectivity index (χ2v) is 22.6. The third-order valence-corrected chi connectivity index (χ3v) is 16.0. The maximum absolute atomic E-state index is 6.90. The van der Waals surface area contributed by atoms with E-state index in [9.17, 15) is 0 Å². The standard InChI is InChI=1S/C20H34OSi4/c1-22(2)17-9-13-19(14-10-17)24(5,6)21-25(7,8)20-15-11-18(12-16-20)23(3)4/h9-16,22-23H,1-8H3. The molecule has 25 heavy (non-hydrogen) atoms. The molecule has 5 heteroatoms. The van der Waals surface area contributed by atoms with Crippen molar-refractivity contribution in [2.75, 3.05) is 0 Å². The molecule has 0 amide bonds. The van der Waals surface area contributed by atoms with Gasteiger partial charge in [0.25, 0.3) is 0 Å². The molecule has 2 aromatic rings. The highest BCUT2D eigenvalue weighted by Gasteiger charge is 2.35. The first-order valence-corrected chi connectivity index (χ1v) is 21.0. The predicted octanol–water partition coefficient (Wildman–Crippen LogP) is 2.62. The zero-order chi connectivity index (χ0) is 18.8. The lowest BCUT2D eigenvalue weighted by molar-refractivity contribution is 0.573. The van der Waals surface area contributed by atoms with Gasteiger partial charge in [0, 0.05) is 0 Å². The van der Waals surface area contributed by atoms with Crippen LogP contribution >= 0.6 is 0 Å². The van der Waals surface area contributed by atoms with E-state index in [0.717, 1.165) is 0 Å². The highest BCUT2D eigenvalue weighted by molar-refractivity contribution is 6.97. The molecule has 136 valence electrons. The fourth-order valence-electron chi connectivity index (χ4n) is 3.29. The molecule has 0 unspecified atom stereocenters. The van der Waals surface area contributed by atoms with Crippen molar-refractivity contribution in [1.82, 2.24) is 0 Å². The van der Waals surface area contributed by atoms with Crippen LogP contribution in [0.3, 0.4) is 0 Å². The van der Waals surface area contributed by atoms with Gasteiger partial charge in [0.2, 0.25) is 16.6 Å². The molecule has 0 spiro atoms. The number of hydrogen-bond acceptors (Lipinski definition) is 1. The minimum Gasteiger partial charge on any atom is -0.449 e. The normalized spacial score (nSPS) is 12.9. The number of rotatable bonds is 6. The molecule has 0 aromatic heterocycles. The van der Waals surface area contributed by atoms with Crippen LogP contribution in [-0.4, -0.2) is 34.2 Å². The van der Waals surface area contributed by atoms with Crippen LogP contribution < -0.4 is 20.7 Å². The van der Waals surface area contributed by atoms with Crippen LogP contribution in [0.15, 0.2) is 48.5 Å². The van der Waals surface area contributed by atoms with Gasteiger partial charge >= 0.3 is 0 Å². The van der Waals surface area contributed by atoms with Crippen molar-refractivity contribution < 1.29 is 4.12 Å². The van der Waals surface area contributed by atoms with Crippen molar-refractivity contribution in [2.24, 2.45) is 0 Å². The Hall–Kier alpha value is -0.732. The van der Waals surface area contributed by atoms with E-state index in [1.807, 2.05) is 0 Å². The molecule has 0 aliphatic carbocycles. The summed E-state index contributed by atoms with van der Waals surface area (Å²) in [7, 11) is -5.25. The maximum atomic E-state index is 6.90. The molecular formula is C20H34OSi4. The zero-order valence-corrected chi connectivity index (χ0v) is 21.5. The van der Waals surface area contributed by atoms with Gasteiger partial charge in [-0.2, -0.15) is 0 Å². The first-order chi connectivity index (χ1) is 11.5. The number of hydrogen-bond donors (Lipinski definition) is 0. The van der Waals surface area contributed by atoms with E-state index in [-0.39, 0.29) is 0 Å². The summed E-state index contributed by atoms with van der Waals surface area (Å²) in [5.41, 5.74) is 0. The summed E-state index contributed by atoms with van der Waals surface area (Å²) in [5.74, 6) is 0. The molecule has 0 atom stereocenters. The van der Waals surface area contributed by atoms with Crippen molar-refractivity contribution >= 4 is 55.0 Å². The van der Waals surface area contributed by atoms with E-state index in [0.29, 0.717) is 0 Å². The third-order valence-electron chi connectivity index (χ3n) is 5.06. The van der Waals surface area contributed by atoms with Gasteiger partial charge in [-0.25, -0.2) is 0 Å². The van der Waals surface area contributed by atoms with Crippen LogP contribution in [0.5, 0.6) is 0 Å². The molecular weight excluding hydrogens is 369 g/mol. The largest absolute Gasteiger partial charge is 0.449 e. The SMILES string of the molecule is C[SiH](C)c1ccc([Si](C)(C)O[Si](C)(C)c2ccc([SiH](C)C)cc2)cc1. The first-order valence-electron chi connectivity index (χ1n) is 9.44. The second-order valence-electron chi connectivity index (χ2n) is 8.68. The van der Waals surface area contributed by atoms with E-state index in [1.165, 1.54) is 10.4 Å². The Morgan fingerprint density at radius 1 is 0.560 bits per heavy atom. The molecule has 0 bridgehead atoms. The molecule has 0 heterocycles. The Morgan fingerprint density at radius 2 is 0.840 bits per heavy atom. The molecule has 0 fully saturated rings. The molecule has 1 nitrogen and oxygen atoms in total. The maximum Gasteiger partial charge on any atom is 0.206 e. The van der Waals surface area contributed by atoms with E-state index in [1.54, 1.807) is 10.4 Å². The van der Waals surface area contributed by atoms with Gasteiger partial charge in [-0.1, -0.05) is 85.1 Å². The topological polar surface area (TPSA) is 9.23 Å². The minimum absolute atomic E-state index is 0.722. The summed E-state index contributed by atoms with van der Waals surface area (Å²) in [5, 5.41) is 5.91. The van der Waals surface area contributed by atoms with Gasteiger partial charge in [0.1, 0.15) is 0 Å². The summed E-state index contributed by atoms with van der Waals surface area (Å²) < 4.78 is 6.90. The molecule has 0 radical (unpaired) electrons. The van der Waals surface area contributed by atoms with Crippen molar-refractivity contribution in [3.8, 4) is 0 Å².